The summed E-state index contributed by atoms with van der Waals surface area (Å²) in [4.78, 5) is 27.1. The number of carbonyl (C=O) groups excluding carboxylic acids is 1. The molecule has 0 aromatic carbocycles. The topological polar surface area (TPSA) is 113 Å². The average Bonchev–Trinajstić information content (AvgIpc) is 3.58. The summed E-state index contributed by atoms with van der Waals surface area (Å²) in [5, 5.41) is 8.98. The van der Waals surface area contributed by atoms with Gasteiger partial charge in [-0.25, -0.2) is 18.8 Å². The molecule has 2 aliphatic rings. The van der Waals surface area contributed by atoms with E-state index in [1.54, 1.807) is 30.7 Å². The van der Waals surface area contributed by atoms with E-state index in [9.17, 15) is 13.6 Å². The van der Waals surface area contributed by atoms with Crippen LogP contribution in [0, 0.1) is 11.3 Å². The second kappa shape index (κ2) is 8.02. The predicted molar refractivity (Wildman–Crippen MR) is 120 cm³/mol. The quantitative estimate of drug-likeness (QED) is 0.468. The Morgan fingerprint density at radius 1 is 1.15 bits per heavy atom. The maximum absolute atomic E-state index is 13.4. The molecule has 1 aliphatic carbocycles. The van der Waals surface area contributed by atoms with E-state index in [1.807, 2.05) is 10.6 Å². The zero-order valence-corrected chi connectivity index (χ0v) is 17.8. The first-order valence-corrected chi connectivity index (χ1v) is 10.8. The molecule has 8 nitrogen and oxygen atoms in total. The van der Waals surface area contributed by atoms with E-state index in [4.69, 9.17) is 11.1 Å². The molecule has 3 aromatic heterocycles. The number of fused-ring (bicyclic) bond motifs is 1. The molecule has 1 saturated heterocycles. The molecule has 3 N–H and O–H groups in total. The van der Waals surface area contributed by atoms with Crippen LogP contribution < -0.4 is 5.73 Å². The fourth-order valence-corrected chi connectivity index (χ4v) is 3.92. The number of amides is 1. The third-order valence-electron chi connectivity index (χ3n) is 6.07. The van der Waals surface area contributed by atoms with Gasteiger partial charge < -0.3 is 10.6 Å². The van der Waals surface area contributed by atoms with E-state index in [-0.39, 0.29) is 43.6 Å². The number of aromatic nitrogens is 3. The smallest absolute Gasteiger partial charge is 0.255 e. The van der Waals surface area contributed by atoms with Crippen molar-refractivity contribution in [1.82, 2.24) is 19.4 Å². The number of alkyl halides is 2. The molecule has 1 saturated carbocycles. The number of carbonyl (C=O) groups is 1. The molecular formula is C23H23F2N7O. The molecule has 5 rings (SSSR count). The number of hydrogen-bond donors (Lipinski definition) is 2. The molecule has 0 atom stereocenters. The maximum Gasteiger partial charge on any atom is 0.255 e. The van der Waals surface area contributed by atoms with Gasteiger partial charge in [0.25, 0.3) is 11.8 Å². The highest BCUT2D eigenvalue weighted by Crippen LogP contribution is 2.30. The van der Waals surface area contributed by atoms with Crippen LogP contribution in [0.25, 0.3) is 16.7 Å². The number of nitrogens with two attached hydrogens (primary N) is 1. The molecule has 3 aromatic rings. The number of rotatable bonds is 4. The lowest BCUT2D eigenvalue weighted by molar-refractivity contribution is -0.0494. The highest BCUT2D eigenvalue weighted by molar-refractivity contribution is 6.05. The van der Waals surface area contributed by atoms with E-state index in [2.05, 4.69) is 15.0 Å². The van der Waals surface area contributed by atoms with E-state index < -0.39 is 5.92 Å². The van der Waals surface area contributed by atoms with Crippen LogP contribution in [0.1, 0.15) is 41.6 Å². The van der Waals surface area contributed by atoms with Crippen LogP contribution in [0.5, 0.6) is 0 Å². The summed E-state index contributed by atoms with van der Waals surface area (Å²) in [7, 11) is 0. The van der Waals surface area contributed by atoms with Gasteiger partial charge in [0.05, 0.1) is 17.4 Å². The number of aliphatic imine (C=N–C) groups is 1. The Kier molecular flexibility index (Phi) is 5.15. The molecule has 0 bridgehead atoms. The van der Waals surface area contributed by atoms with Crippen LogP contribution in [-0.4, -0.2) is 56.0 Å². The van der Waals surface area contributed by atoms with Crippen molar-refractivity contribution >= 4 is 28.6 Å². The minimum Gasteiger partial charge on any atom is -0.387 e. The van der Waals surface area contributed by atoms with Crippen molar-refractivity contribution in [2.24, 2.45) is 16.6 Å². The molecular weight excluding hydrogens is 428 g/mol. The highest BCUT2D eigenvalue weighted by Gasteiger charge is 2.36. The minimum absolute atomic E-state index is 0.0308. The van der Waals surface area contributed by atoms with E-state index in [0.717, 1.165) is 18.2 Å². The first-order valence-electron chi connectivity index (χ1n) is 10.8. The maximum atomic E-state index is 13.4. The number of nitrogens with one attached hydrogen (secondary N) is 1. The van der Waals surface area contributed by atoms with Crippen molar-refractivity contribution in [3.8, 4) is 5.69 Å². The number of hydrogen-bond acceptors (Lipinski definition) is 4. The second-order valence-electron chi connectivity index (χ2n) is 8.56. The summed E-state index contributed by atoms with van der Waals surface area (Å²) < 4.78 is 28.6. The summed E-state index contributed by atoms with van der Waals surface area (Å²) >= 11 is 0. The van der Waals surface area contributed by atoms with Crippen molar-refractivity contribution in [2.75, 3.05) is 13.1 Å². The number of halogens is 2. The highest BCUT2D eigenvalue weighted by atomic mass is 19.3. The summed E-state index contributed by atoms with van der Waals surface area (Å²) in [6, 6.07) is 5.33. The number of piperidine rings is 1. The van der Waals surface area contributed by atoms with Crippen LogP contribution in [0.3, 0.4) is 0 Å². The minimum atomic E-state index is -2.70. The summed E-state index contributed by atoms with van der Waals surface area (Å²) in [6.07, 6.45) is 7.87. The molecule has 4 heterocycles. The van der Waals surface area contributed by atoms with Gasteiger partial charge in [0, 0.05) is 61.4 Å². The Morgan fingerprint density at radius 3 is 2.64 bits per heavy atom. The first kappa shape index (κ1) is 21.2. The van der Waals surface area contributed by atoms with Crippen molar-refractivity contribution in [1.29, 1.82) is 5.41 Å². The van der Waals surface area contributed by atoms with Crippen molar-refractivity contribution in [3.63, 3.8) is 0 Å². The van der Waals surface area contributed by atoms with Gasteiger partial charge in [-0.3, -0.25) is 19.8 Å². The Labute approximate surface area is 188 Å². The molecule has 2 fully saturated rings. The Hall–Kier alpha value is -3.69. The third kappa shape index (κ3) is 4.33. The third-order valence-corrected chi connectivity index (χ3v) is 6.07. The van der Waals surface area contributed by atoms with E-state index >= 15 is 0 Å². The molecule has 1 amide bonds. The van der Waals surface area contributed by atoms with Crippen LogP contribution >= 0.6 is 0 Å². The Morgan fingerprint density at radius 2 is 1.91 bits per heavy atom. The normalized spacial score (nSPS) is 18.5. The number of pyridine rings is 2. The molecule has 33 heavy (non-hydrogen) atoms. The molecule has 0 radical (unpaired) electrons. The fraction of sp³-hybridized carbons (Fsp3) is 0.348. The largest absolute Gasteiger partial charge is 0.387 e. The average molecular weight is 451 g/mol. The van der Waals surface area contributed by atoms with Gasteiger partial charge in [-0.1, -0.05) is 0 Å². The van der Waals surface area contributed by atoms with Gasteiger partial charge in [-0.2, -0.15) is 0 Å². The van der Waals surface area contributed by atoms with Gasteiger partial charge in [-0.15, -0.1) is 0 Å². The van der Waals surface area contributed by atoms with Gasteiger partial charge in [0.2, 0.25) is 0 Å². The lowest BCUT2D eigenvalue weighted by Gasteiger charge is -2.31. The van der Waals surface area contributed by atoms with E-state index in [1.165, 1.54) is 11.1 Å². The summed E-state index contributed by atoms with van der Waals surface area (Å²) in [6.45, 7) is 0.0616. The number of likely N-dealkylation sites (tertiary alicyclic amines) is 1. The lowest BCUT2D eigenvalue weighted by Crippen LogP contribution is -2.42. The van der Waals surface area contributed by atoms with Gasteiger partial charge in [0.1, 0.15) is 11.5 Å². The van der Waals surface area contributed by atoms with Crippen LogP contribution in [-0.2, 0) is 0 Å². The number of nitrogens with zero attached hydrogens (tertiary/aromatic N) is 5. The monoisotopic (exact) mass is 451 g/mol. The second-order valence-corrected chi connectivity index (χ2v) is 8.56. The van der Waals surface area contributed by atoms with Crippen LogP contribution in [0.15, 0.2) is 48.0 Å². The van der Waals surface area contributed by atoms with Crippen molar-refractivity contribution in [3.05, 3.63) is 54.1 Å². The molecule has 1 aliphatic heterocycles. The standard InChI is InChI=1S/C23H23F2N7O/c24-23(25)4-7-31(8-5-23)22(33)17-9-15-3-6-32(21(15)29-12-17)18-10-16(11-28-13-18)20(27)30-19(26)14-1-2-14/h3,6,9-14H,1-2,4-5,7-8H2,(H3,26,27,30). The molecule has 0 spiro atoms. The lowest BCUT2D eigenvalue weighted by atomic mass is 10.1. The summed E-state index contributed by atoms with van der Waals surface area (Å²) in [5.74, 6) is -2.19. The van der Waals surface area contributed by atoms with Crippen LogP contribution in [0.4, 0.5) is 8.78 Å². The van der Waals surface area contributed by atoms with Gasteiger partial charge in [-0.05, 0) is 31.0 Å². The molecule has 10 heteroatoms. The zero-order chi connectivity index (χ0) is 23.2. The predicted octanol–water partition coefficient (Wildman–Crippen LogP) is 3.38. The van der Waals surface area contributed by atoms with Crippen molar-refractivity contribution in [2.45, 2.75) is 31.6 Å². The van der Waals surface area contributed by atoms with Crippen molar-refractivity contribution < 1.29 is 13.6 Å². The summed E-state index contributed by atoms with van der Waals surface area (Å²) in [5.41, 5.74) is 8.14. The van der Waals surface area contributed by atoms with Gasteiger partial charge >= 0.3 is 0 Å². The Balaban J connectivity index is 1.39. The fourth-order valence-electron chi connectivity index (χ4n) is 3.92. The van der Waals surface area contributed by atoms with Crippen LogP contribution in [0.2, 0.25) is 0 Å². The van der Waals surface area contributed by atoms with Gasteiger partial charge in [0.15, 0.2) is 5.84 Å². The SMILES string of the molecule is N=C(N=C(N)C1CC1)c1cncc(-n2ccc3cc(C(=O)N4CCC(F)(F)CC4)cnc32)c1. The molecule has 0 unspecified atom stereocenters. The zero-order valence-electron chi connectivity index (χ0n) is 17.8. The first-order chi connectivity index (χ1) is 15.8. The van der Waals surface area contributed by atoms with E-state index in [0.29, 0.717) is 28.3 Å². The number of amidine groups is 2. The Bertz CT molecular complexity index is 1270. The molecule has 170 valence electrons.